The summed E-state index contributed by atoms with van der Waals surface area (Å²) >= 11 is 0. The summed E-state index contributed by atoms with van der Waals surface area (Å²) in [6.07, 6.45) is 0. The van der Waals surface area contributed by atoms with Crippen LogP contribution in [0.25, 0.3) is 0 Å². The lowest BCUT2D eigenvalue weighted by Gasteiger charge is -2.34. The van der Waals surface area contributed by atoms with Gasteiger partial charge in [-0.15, -0.1) is 0 Å². The molecule has 2 N–H and O–H groups in total. The molecule has 0 aromatic rings. The molecule has 0 atom stereocenters. The van der Waals surface area contributed by atoms with Crippen LogP contribution in [0, 0.1) is 0 Å². The van der Waals surface area contributed by atoms with E-state index in [9.17, 15) is 0 Å². The van der Waals surface area contributed by atoms with Crippen LogP contribution in [0.2, 0.25) is 0 Å². The average molecular weight is 231 g/mol. The summed E-state index contributed by atoms with van der Waals surface area (Å²) in [5, 5.41) is 0. The zero-order valence-electron chi connectivity index (χ0n) is 10.4. The van der Waals surface area contributed by atoms with Crippen LogP contribution in [-0.2, 0) is 9.47 Å². The summed E-state index contributed by atoms with van der Waals surface area (Å²) in [5.41, 5.74) is 5.53. The number of rotatable bonds is 8. The second-order valence-corrected chi connectivity index (χ2v) is 4.08. The van der Waals surface area contributed by atoms with Crippen molar-refractivity contribution in [3.05, 3.63) is 0 Å². The molecule has 0 aliphatic carbocycles. The number of piperazine rings is 1. The fourth-order valence-corrected chi connectivity index (χ4v) is 1.86. The topological polar surface area (TPSA) is 51.0 Å². The molecule has 1 fully saturated rings. The number of nitrogens with two attached hydrogens (primary N) is 1. The maximum Gasteiger partial charge on any atom is 0.0700 e. The molecular weight excluding hydrogens is 206 g/mol. The monoisotopic (exact) mass is 231 g/mol. The van der Waals surface area contributed by atoms with Gasteiger partial charge in [0.25, 0.3) is 0 Å². The molecule has 0 aromatic carbocycles. The fourth-order valence-electron chi connectivity index (χ4n) is 1.86. The minimum atomic E-state index is 0.685. The predicted octanol–water partition coefficient (Wildman–Crippen LogP) is -0.774. The number of ether oxygens (including phenoxy) is 2. The number of methoxy groups -OCH3 is 1. The highest BCUT2D eigenvalue weighted by molar-refractivity contribution is 4.71. The standard InChI is InChI=1S/C11H25N3O2/c1-15-10-11-16-9-8-14-6-4-13(3-2-12)5-7-14/h2-12H2,1H3. The van der Waals surface area contributed by atoms with E-state index < -0.39 is 0 Å². The molecule has 1 heterocycles. The number of hydrogen-bond donors (Lipinski definition) is 1. The van der Waals surface area contributed by atoms with Crippen molar-refractivity contribution in [2.75, 3.05) is 72.7 Å². The lowest BCUT2D eigenvalue weighted by molar-refractivity contribution is 0.0465. The summed E-state index contributed by atoms with van der Waals surface area (Å²) in [4.78, 5) is 4.86. The zero-order valence-corrected chi connectivity index (χ0v) is 10.4. The van der Waals surface area contributed by atoms with Crippen molar-refractivity contribution in [2.45, 2.75) is 0 Å². The molecule has 1 aliphatic rings. The van der Waals surface area contributed by atoms with Gasteiger partial charge in [0.15, 0.2) is 0 Å². The molecule has 0 spiro atoms. The number of nitrogens with zero attached hydrogens (tertiary/aromatic N) is 2. The van der Waals surface area contributed by atoms with E-state index in [1.54, 1.807) is 7.11 Å². The van der Waals surface area contributed by atoms with E-state index in [2.05, 4.69) is 9.80 Å². The molecule has 0 saturated carbocycles. The summed E-state index contributed by atoms with van der Waals surface area (Å²) in [6.45, 7) is 9.54. The Labute approximate surface area is 98.5 Å². The van der Waals surface area contributed by atoms with E-state index in [-0.39, 0.29) is 0 Å². The lowest BCUT2D eigenvalue weighted by Crippen LogP contribution is -2.48. The molecule has 5 heteroatoms. The van der Waals surface area contributed by atoms with Crippen molar-refractivity contribution < 1.29 is 9.47 Å². The Morgan fingerprint density at radius 3 is 2.12 bits per heavy atom. The third-order valence-corrected chi connectivity index (χ3v) is 2.89. The van der Waals surface area contributed by atoms with Crippen LogP contribution in [-0.4, -0.2) is 82.5 Å². The molecule has 5 nitrogen and oxygen atoms in total. The normalized spacial score (nSPS) is 19.1. The van der Waals surface area contributed by atoms with E-state index >= 15 is 0 Å². The van der Waals surface area contributed by atoms with Crippen molar-refractivity contribution in [3.63, 3.8) is 0 Å². The van der Waals surface area contributed by atoms with Crippen LogP contribution < -0.4 is 5.73 Å². The molecule has 0 amide bonds. The van der Waals surface area contributed by atoms with E-state index in [0.717, 1.165) is 52.4 Å². The highest BCUT2D eigenvalue weighted by Crippen LogP contribution is 2.00. The molecule has 0 radical (unpaired) electrons. The van der Waals surface area contributed by atoms with Gasteiger partial charge in [0.1, 0.15) is 0 Å². The van der Waals surface area contributed by atoms with Crippen LogP contribution >= 0.6 is 0 Å². The van der Waals surface area contributed by atoms with Gasteiger partial charge in [-0.1, -0.05) is 0 Å². The van der Waals surface area contributed by atoms with Gasteiger partial charge in [-0.25, -0.2) is 0 Å². The fraction of sp³-hybridized carbons (Fsp3) is 1.00. The second-order valence-electron chi connectivity index (χ2n) is 4.08. The highest BCUT2D eigenvalue weighted by atomic mass is 16.5. The largest absolute Gasteiger partial charge is 0.382 e. The van der Waals surface area contributed by atoms with Crippen LogP contribution in [0.1, 0.15) is 0 Å². The zero-order chi connectivity index (χ0) is 11.6. The third-order valence-electron chi connectivity index (χ3n) is 2.89. The van der Waals surface area contributed by atoms with Gasteiger partial charge >= 0.3 is 0 Å². The predicted molar refractivity (Wildman–Crippen MR) is 64.6 cm³/mol. The summed E-state index contributed by atoms with van der Waals surface area (Å²) < 4.78 is 10.4. The quantitative estimate of drug-likeness (QED) is 0.556. The molecule has 0 bridgehead atoms. The first-order chi connectivity index (χ1) is 7.86. The van der Waals surface area contributed by atoms with E-state index in [1.165, 1.54) is 0 Å². The van der Waals surface area contributed by atoms with E-state index in [4.69, 9.17) is 15.2 Å². The highest BCUT2D eigenvalue weighted by Gasteiger charge is 2.15. The molecule has 0 unspecified atom stereocenters. The second kappa shape index (κ2) is 8.90. The van der Waals surface area contributed by atoms with Crippen molar-refractivity contribution in [1.82, 2.24) is 9.80 Å². The van der Waals surface area contributed by atoms with Gasteiger partial charge < -0.3 is 15.2 Å². The van der Waals surface area contributed by atoms with Crippen molar-refractivity contribution >= 4 is 0 Å². The first-order valence-corrected chi connectivity index (χ1v) is 6.08. The summed E-state index contributed by atoms with van der Waals surface area (Å²) in [7, 11) is 1.69. The van der Waals surface area contributed by atoms with Crippen LogP contribution in [0.15, 0.2) is 0 Å². The van der Waals surface area contributed by atoms with Crippen LogP contribution in [0.4, 0.5) is 0 Å². The Morgan fingerprint density at radius 2 is 1.56 bits per heavy atom. The molecule has 1 aliphatic heterocycles. The molecule has 16 heavy (non-hydrogen) atoms. The Balaban J connectivity index is 1.95. The SMILES string of the molecule is COCCOCCN1CCN(CCN)CC1. The summed E-state index contributed by atoms with van der Waals surface area (Å²) in [5.74, 6) is 0. The minimum absolute atomic E-state index is 0.685. The molecule has 0 aromatic heterocycles. The molecule has 1 rings (SSSR count). The van der Waals surface area contributed by atoms with Crippen LogP contribution in [0.3, 0.4) is 0 Å². The molecule has 96 valence electrons. The van der Waals surface area contributed by atoms with Gasteiger partial charge in [-0.3, -0.25) is 9.80 Å². The van der Waals surface area contributed by atoms with Crippen molar-refractivity contribution in [3.8, 4) is 0 Å². The number of hydrogen-bond acceptors (Lipinski definition) is 5. The molecular formula is C11H25N3O2. The van der Waals surface area contributed by atoms with Gasteiger partial charge in [0, 0.05) is 52.9 Å². The van der Waals surface area contributed by atoms with Gasteiger partial charge in [0.05, 0.1) is 19.8 Å². The Hall–Kier alpha value is -0.200. The first-order valence-electron chi connectivity index (χ1n) is 6.08. The lowest BCUT2D eigenvalue weighted by atomic mass is 10.3. The smallest absolute Gasteiger partial charge is 0.0700 e. The average Bonchev–Trinajstić information content (AvgIpc) is 2.31. The van der Waals surface area contributed by atoms with Crippen molar-refractivity contribution in [1.29, 1.82) is 0 Å². The third kappa shape index (κ3) is 5.77. The maximum absolute atomic E-state index is 5.53. The maximum atomic E-state index is 5.53. The Bertz CT molecular complexity index is 161. The van der Waals surface area contributed by atoms with Gasteiger partial charge in [0.2, 0.25) is 0 Å². The Morgan fingerprint density at radius 1 is 0.938 bits per heavy atom. The Kier molecular flexibility index (Phi) is 7.71. The minimum Gasteiger partial charge on any atom is -0.382 e. The van der Waals surface area contributed by atoms with Crippen molar-refractivity contribution in [2.24, 2.45) is 5.73 Å². The van der Waals surface area contributed by atoms with Gasteiger partial charge in [-0.2, -0.15) is 0 Å². The summed E-state index contributed by atoms with van der Waals surface area (Å²) in [6, 6.07) is 0. The van der Waals surface area contributed by atoms with E-state index in [0.29, 0.717) is 13.2 Å². The van der Waals surface area contributed by atoms with Crippen LogP contribution in [0.5, 0.6) is 0 Å². The van der Waals surface area contributed by atoms with E-state index in [1.807, 2.05) is 0 Å². The first kappa shape index (κ1) is 13.9. The molecule has 1 saturated heterocycles. The van der Waals surface area contributed by atoms with Gasteiger partial charge in [-0.05, 0) is 0 Å².